The molecule has 2 rings (SSSR count). The number of aromatic hydroxyl groups is 1. The van der Waals surface area contributed by atoms with Gasteiger partial charge >= 0.3 is 5.97 Å². The molecule has 25 heavy (non-hydrogen) atoms. The first kappa shape index (κ1) is 18.2. The van der Waals surface area contributed by atoms with Gasteiger partial charge in [0, 0.05) is 17.7 Å². The lowest BCUT2D eigenvalue weighted by Gasteiger charge is -2.07. The van der Waals surface area contributed by atoms with Gasteiger partial charge in [0.15, 0.2) is 12.4 Å². The minimum Gasteiger partial charge on any atom is -0.508 e. The zero-order valence-electron chi connectivity index (χ0n) is 13.8. The number of phenols is 1. The number of aryl methyl sites for hydroxylation is 1. The minimum atomic E-state index is -0.477. The van der Waals surface area contributed by atoms with Crippen LogP contribution in [0.5, 0.6) is 5.75 Å². The van der Waals surface area contributed by atoms with E-state index in [1.54, 1.807) is 48.5 Å². The van der Waals surface area contributed by atoms with Gasteiger partial charge in [-0.15, -0.1) is 0 Å². The SMILES string of the molecule is CC(=O)c1ccc(NC(=O)COC(=O)CCc2ccc(O)cc2)cc1. The zero-order valence-corrected chi connectivity index (χ0v) is 13.8. The molecule has 6 heteroatoms. The second-order valence-electron chi connectivity index (χ2n) is 5.51. The molecule has 0 fully saturated rings. The number of nitrogens with one attached hydrogen (secondary N) is 1. The third-order valence-corrected chi connectivity index (χ3v) is 3.49. The summed E-state index contributed by atoms with van der Waals surface area (Å²) in [7, 11) is 0. The van der Waals surface area contributed by atoms with Crippen LogP contribution in [0.2, 0.25) is 0 Å². The lowest BCUT2D eigenvalue weighted by atomic mass is 10.1. The maximum absolute atomic E-state index is 11.8. The van der Waals surface area contributed by atoms with Crippen molar-refractivity contribution in [3.05, 3.63) is 59.7 Å². The standard InChI is InChI=1S/C19H19NO5/c1-13(21)15-5-7-16(8-6-15)20-18(23)12-25-19(24)11-4-14-2-9-17(22)10-3-14/h2-3,5-10,22H,4,11-12H2,1H3,(H,20,23). The van der Waals surface area contributed by atoms with Crippen molar-refractivity contribution in [3.63, 3.8) is 0 Å². The number of ketones is 1. The van der Waals surface area contributed by atoms with Crippen molar-refractivity contribution in [1.82, 2.24) is 0 Å². The van der Waals surface area contributed by atoms with Crippen LogP contribution in [0.4, 0.5) is 5.69 Å². The number of anilines is 1. The Morgan fingerprint density at radius 3 is 2.24 bits per heavy atom. The van der Waals surface area contributed by atoms with Crippen molar-refractivity contribution in [2.45, 2.75) is 19.8 Å². The third-order valence-electron chi connectivity index (χ3n) is 3.49. The first-order valence-corrected chi connectivity index (χ1v) is 7.78. The fourth-order valence-electron chi connectivity index (χ4n) is 2.11. The van der Waals surface area contributed by atoms with Crippen LogP contribution in [-0.4, -0.2) is 29.4 Å². The minimum absolute atomic E-state index is 0.0552. The molecular formula is C19H19NO5. The molecule has 2 aromatic carbocycles. The van der Waals surface area contributed by atoms with E-state index in [-0.39, 0.29) is 24.6 Å². The number of carbonyl (C=O) groups excluding carboxylic acids is 3. The first-order chi connectivity index (χ1) is 11.9. The number of amides is 1. The quantitative estimate of drug-likeness (QED) is 0.597. The van der Waals surface area contributed by atoms with Gasteiger partial charge in [0.1, 0.15) is 5.75 Å². The second kappa shape index (κ2) is 8.63. The number of Topliss-reactive ketones (excluding diaryl/α,β-unsaturated/α-hetero) is 1. The number of benzene rings is 2. The summed E-state index contributed by atoms with van der Waals surface area (Å²) >= 11 is 0. The highest BCUT2D eigenvalue weighted by atomic mass is 16.5. The van der Waals surface area contributed by atoms with Crippen molar-refractivity contribution in [2.75, 3.05) is 11.9 Å². The van der Waals surface area contributed by atoms with E-state index >= 15 is 0 Å². The monoisotopic (exact) mass is 341 g/mol. The van der Waals surface area contributed by atoms with Gasteiger partial charge in [0.2, 0.25) is 0 Å². The van der Waals surface area contributed by atoms with Gasteiger partial charge in [0.05, 0.1) is 0 Å². The highest BCUT2D eigenvalue weighted by molar-refractivity contribution is 5.96. The average molecular weight is 341 g/mol. The number of ether oxygens (including phenoxy) is 1. The van der Waals surface area contributed by atoms with Crippen LogP contribution in [0.3, 0.4) is 0 Å². The number of rotatable bonds is 7. The Hall–Kier alpha value is -3.15. The van der Waals surface area contributed by atoms with E-state index in [1.807, 2.05) is 0 Å². The van der Waals surface area contributed by atoms with E-state index in [0.717, 1.165) is 5.56 Å². The molecule has 0 heterocycles. The molecule has 0 aliphatic heterocycles. The van der Waals surface area contributed by atoms with Crippen molar-refractivity contribution >= 4 is 23.3 Å². The summed E-state index contributed by atoms with van der Waals surface area (Å²) < 4.78 is 4.93. The Labute approximate surface area is 145 Å². The molecule has 0 aliphatic rings. The highest BCUT2D eigenvalue weighted by Crippen LogP contribution is 2.12. The molecule has 0 aliphatic carbocycles. The average Bonchev–Trinajstić information content (AvgIpc) is 2.60. The summed E-state index contributed by atoms with van der Waals surface area (Å²) in [6.45, 7) is 1.09. The van der Waals surface area contributed by atoms with E-state index in [9.17, 15) is 19.5 Å². The van der Waals surface area contributed by atoms with Crippen molar-refractivity contribution < 1.29 is 24.2 Å². The fraction of sp³-hybridized carbons (Fsp3) is 0.211. The topological polar surface area (TPSA) is 92.7 Å². The van der Waals surface area contributed by atoms with E-state index in [2.05, 4.69) is 5.32 Å². The maximum atomic E-state index is 11.8. The van der Waals surface area contributed by atoms with Crippen LogP contribution in [0.25, 0.3) is 0 Å². The van der Waals surface area contributed by atoms with E-state index < -0.39 is 11.9 Å². The van der Waals surface area contributed by atoms with Crippen LogP contribution >= 0.6 is 0 Å². The smallest absolute Gasteiger partial charge is 0.306 e. The molecule has 6 nitrogen and oxygen atoms in total. The molecular weight excluding hydrogens is 322 g/mol. The summed E-state index contributed by atoms with van der Waals surface area (Å²) in [5.41, 5.74) is 1.97. The number of esters is 1. The Balaban J connectivity index is 1.72. The molecule has 0 unspecified atom stereocenters. The second-order valence-corrected chi connectivity index (χ2v) is 5.51. The number of phenolic OH excluding ortho intramolecular Hbond substituents is 1. The van der Waals surface area contributed by atoms with Gasteiger partial charge in [-0.3, -0.25) is 14.4 Å². The van der Waals surface area contributed by atoms with Crippen LogP contribution in [0, 0.1) is 0 Å². The zero-order chi connectivity index (χ0) is 18.2. The molecule has 0 aromatic heterocycles. The summed E-state index contributed by atoms with van der Waals surface area (Å²) in [4.78, 5) is 34.6. The predicted octanol–water partition coefficient (Wildman–Crippen LogP) is 2.71. The van der Waals surface area contributed by atoms with Crippen molar-refractivity contribution in [2.24, 2.45) is 0 Å². The Morgan fingerprint density at radius 2 is 1.64 bits per heavy atom. The Morgan fingerprint density at radius 1 is 1.00 bits per heavy atom. The van der Waals surface area contributed by atoms with Crippen LogP contribution < -0.4 is 5.32 Å². The van der Waals surface area contributed by atoms with E-state index in [1.165, 1.54) is 6.92 Å². The molecule has 2 N–H and O–H groups in total. The Bertz CT molecular complexity index is 750. The van der Waals surface area contributed by atoms with Crippen LogP contribution in [0.1, 0.15) is 29.3 Å². The summed E-state index contributed by atoms with van der Waals surface area (Å²) in [5.74, 6) is -0.816. The van der Waals surface area contributed by atoms with Crippen LogP contribution in [-0.2, 0) is 20.7 Å². The molecule has 0 spiro atoms. The van der Waals surface area contributed by atoms with Crippen LogP contribution in [0.15, 0.2) is 48.5 Å². The molecule has 2 aromatic rings. The van der Waals surface area contributed by atoms with Gasteiger partial charge in [-0.1, -0.05) is 12.1 Å². The summed E-state index contributed by atoms with van der Waals surface area (Å²) in [5, 5.41) is 11.8. The largest absolute Gasteiger partial charge is 0.508 e. The molecule has 0 saturated carbocycles. The van der Waals surface area contributed by atoms with E-state index in [4.69, 9.17) is 4.74 Å². The predicted molar refractivity (Wildman–Crippen MR) is 92.5 cm³/mol. The van der Waals surface area contributed by atoms with Gasteiger partial charge < -0.3 is 15.2 Å². The number of carbonyl (C=O) groups is 3. The third kappa shape index (κ3) is 6.10. The molecule has 130 valence electrons. The van der Waals surface area contributed by atoms with Crippen molar-refractivity contribution in [3.8, 4) is 5.75 Å². The van der Waals surface area contributed by atoms with Crippen molar-refractivity contribution in [1.29, 1.82) is 0 Å². The first-order valence-electron chi connectivity index (χ1n) is 7.78. The molecule has 0 saturated heterocycles. The molecule has 0 atom stereocenters. The molecule has 0 bridgehead atoms. The summed E-state index contributed by atoms with van der Waals surface area (Å²) in [6.07, 6.45) is 0.610. The Kier molecular flexibility index (Phi) is 6.28. The van der Waals surface area contributed by atoms with E-state index in [0.29, 0.717) is 17.7 Å². The normalized spacial score (nSPS) is 10.1. The highest BCUT2D eigenvalue weighted by Gasteiger charge is 2.09. The van der Waals surface area contributed by atoms with Gasteiger partial charge in [-0.05, 0) is 55.3 Å². The van der Waals surface area contributed by atoms with Gasteiger partial charge in [-0.25, -0.2) is 0 Å². The molecule has 1 amide bonds. The number of hydrogen-bond donors (Lipinski definition) is 2. The lowest BCUT2D eigenvalue weighted by molar-refractivity contribution is -0.147. The number of hydrogen-bond acceptors (Lipinski definition) is 5. The van der Waals surface area contributed by atoms with Gasteiger partial charge in [0.25, 0.3) is 5.91 Å². The summed E-state index contributed by atoms with van der Waals surface area (Å²) in [6, 6.07) is 13.0. The lowest BCUT2D eigenvalue weighted by Crippen LogP contribution is -2.21. The molecule has 0 radical (unpaired) electrons. The van der Waals surface area contributed by atoms with Gasteiger partial charge in [-0.2, -0.15) is 0 Å². The maximum Gasteiger partial charge on any atom is 0.306 e. The fourth-order valence-corrected chi connectivity index (χ4v) is 2.11.